The molecule has 0 spiro atoms. The van der Waals surface area contributed by atoms with Crippen molar-refractivity contribution in [1.29, 1.82) is 0 Å². The van der Waals surface area contributed by atoms with Crippen LogP contribution in [0.1, 0.15) is 70.8 Å². The number of carbonyl (C=O) groups is 2. The Morgan fingerprint density at radius 1 is 0.744 bits per heavy atom. The molecule has 3 aromatic carbocycles. The monoisotopic (exact) mass is 552 g/mol. The number of rotatable bonds is 16. The fourth-order valence-corrected chi connectivity index (χ4v) is 6.74. The van der Waals surface area contributed by atoms with Gasteiger partial charge in [0.1, 0.15) is 5.25 Å². The van der Waals surface area contributed by atoms with E-state index in [1.54, 1.807) is 12.1 Å². The van der Waals surface area contributed by atoms with Crippen LogP contribution in [0.4, 0.5) is 0 Å². The first-order valence-electron chi connectivity index (χ1n) is 13.2. The molecule has 0 aliphatic carbocycles. The molecule has 0 heterocycles. The molecule has 0 amide bonds. The molecule has 0 aliphatic heterocycles. The number of ether oxygens (including phenoxy) is 1. The molecule has 0 aromatic heterocycles. The Balaban J connectivity index is 1.70. The third-order valence-corrected chi connectivity index (χ3v) is 9.00. The molecule has 39 heavy (non-hydrogen) atoms. The molecule has 0 radical (unpaired) electrons. The predicted molar refractivity (Wildman–Crippen MR) is 150 cm³/mol. The van der Waals surface area contributed by atoms with Gasteiger partial charge in [0.25, 0.3) is 0 Å². The average molecular weight is 553 g/mol. The number of aryl methyl sites for hydroxylation is 2. The van der Waals surface area contributed by atoms with Crippen LogP contribution >= 0.6 is 0 Å². The van der Waals surface area contributed by atoms with Gasteiger partial charge in [-0.25, -0.2) is 18.0 Å². The van der Waals surface area contributed by atoms with Gasteiger partial charge in [0, 0.05) is 7.11 Å². The lowest BCUT2D eigenvalue weighted by molar-refractivity contribution is -0.148. The summed E-state index contributed by atoms with van der Waals surface area (Å²) in [6.45, 7) is 0. The maximum atomic E-state index is 13.8. The van der Waals surface area contributed by atoms with Crippen molar-refractivity contribution in [1.82, 2.24) is 0 Å². The highest BCUT2D eigenvalue weighted by atomic mass is 32.2. The number of unbranched alkanes of at least 4 members (excludes halogenated alkanes) is 5. The second-order valence-electron chi connectivity index (χ2n) is 9.60. The Bertz CT molecular complexity index is 1320. The van der Waals surface area contributed by atoms with E-state index in [1.807, 2.05) is 18.2 Å². The summed E-state index contributed by atoms with van der Waals surface area (Å²) in [4.78, 5) is 23.1. The molecule has 0 saturated carbocycles. The maximum absolute atomic E-state index is 13.8. The van der Waals surface area contributed by atoms with Crippen molar-refractivity contribution in [3.05, 3.63) is 101 Å². The zero-order chi connectivity index (χ0) is 28.3. The molecule has 0 saturated heterocycles. The van der Waals surface area contributed by atoms with Gasteiger partial charge in [-0.3, -0.25) is 0 Å². The van der Waals surface area contributed by atoms with E-state index < -0.39 is 33.1 Å². The van der Waals surface area contributed by atoms with Gasteiger partial charge in [-0.2, -0.15) is 0 Å². The van der Waals surface area contributed by atoms with Crippen molar-refractivity contribution >= 4 is 21.8 Å². The number of aliphatic carboxylic acids is 1. The minimum absolute atomic E-state index is 0.0625. The van der Waals surface area contributed by atoms with Gasteiger partial charge < -0.3 is 14.9 Å². The molecular weight excluding hydrogens is 516 g/mol. The summed E-state index contributed by atoms with van der Waals surface area (Å²) in [6, 6.07) is 22.2. The van der Waals surface area contributed by atoms with Crippen LogP contribution in [0.2, 0.25) is 0 Å². The molecule has 3 aromatic rings. The standard InChI is InChI=1S/C31H36O7S/c1-38-28(31(34)35)29(39(36,37)26-21-19-25(20-22-26)30(32)33)27-18-12-11-17-24(27)16-10-5-3-2-4-7-13-23-14-8-6-9-15-23/h6,8-9,11-12,14-15,17-22,28-29H,2-5,7,10,13,16H2,1H3,(H,32,33)(H,34,35)/t28-,29-/m0/s1. The number of hydrogen-bond donors (Lipinski definition) is 2. The van der Waals surface area contributed by atoms with Crippen LogP contribution in [0.3, 0.4) is 0 Å². The molecule has 208 valence electrons. The number of carboxylic acid groups (broad SMARTS) is 2. The molecule has 0 fully saturated rings. The van der Waals surface area contributed by atoms with Crippen molar-refractivity contribution in [3.8, 4) is 0 Å². The van der Waals surface area contributed by atoms with E-state index in [2.05, 4.69) is 24.3 Å². The Kier molecular flexibility index (Phi) is 11.3. The molecule has 2 N–H and O–H groups in total. The Hall–Kier alpha value is -3.49. The second-order valence-corrected chi connectivity index (χ2v) is 11.7. The summed E-state index contributed by atoms with van der Waals surface area (Å²) >= 11 is 0. The molecule has 0 bridgehead atoms. The van der Waals surface area contributed by atoms with Crippen LogP contribution in [0.5, 0.6) is 0 Å². The zero-order valence-corrected chi connectivity index (χ0v) is 23.0. The number of carboxylic acids is 2. The quantitative estimate of drug-likeness (QED) is 0.205. The van der Waals surface area contributed by atoms with E-state index in [-0.39, 0.29) is 10.5 Å². The number of aromatic carboxylic acids is 1. The van der Waals surface area contributed by atoms with Gasteiger partial charge in [-0.1, -0.05) is 80.3 Å². The average Bonchev–Trinajstić information content (AvgIpc) is 2.93. The van der Waals surface area contributed by atoms with Crippen molar-refractivity contribution in [2.45, 2.75) is 67.6 Å². The SMILES string of the molecule is CO[C@H](C(=O)O)[C@H](c1ccccc1CCCCCCCCc1ccccc1)S(=O)(=O)c1ccc(C(=O)O)cc1. The minimum atomic E-state index is -4.24. The topological polar surface area (TPSA) is 118 Å². The lowest BCUT2D eigenvalue weighted by atomic mass is 9.96. The molecule has 7 nitrogen and oxygen atoms in total. The van der Waals surface area contributed by atoms with Crippen molar-refractivity contribution in [2.24, 2.45) is 0 Å². The third-order valence-electron chi connectivity index (χ3n) is 6.90. The van der Waals surface area contributed by atoms with Gasteiger partial charge in [0.15, 0.2) is 15.9 Å². The van der Waals surface area contributed by atoms with Gasteiger partial charge in [-0.05, 0) is 66.6 Å². The van der Waals surface area contributed by atoms with Gasteiger partial charge in [-0.15, -0.1) is 0 Å². The first kappa shape index (κ1) is 30.1. The Morgan fingerprint density at radius 3 is 1.90 bits per heavy atom. The maximum Gasteiger partial charge on any atom is 0.335 e. The molecule has 0 unspecified atom stereocenters. The minimum Gasteiger partial charge on any atom is -0.479 e. The summed E-state index contributed by atoms with van der Waals surface area (Å²) in [5.41, 5.74) is 2.44. The normalized spacial score (nSPS) is 13.1. The number of methoxy groups -OCH3 is 1. The van der Waals surface area contributed by atoms with Crippen LogP contribution < -0.4 is 0 Å². The highest BCUT2D eigenvalue weighted by Crippen LogP contribution is 2.36. The summed E-state index contributed by atoms with van der Waals surface area (Å²) < 4.78 is 32.7. The highest BCUT2D eigenvalue weighted by Gasteiger charge is 2.41. The van der Waals surface area contributed by atoms with E-state index in [0.717, 1.165) is 50.5 Å². The van der Waals surface area contributed by atoms with E-state index >= 15 is 0 Å². The molecule has 2 atom stereocenters. The van der Waals surface area contributed by atoms with E-state index in [1.165, 1.54) is 36.9 Å². The van der Waals surface area contributed by atoms with Crippen LogP contribution in [0.15, 0.2) is 83.8 Å². The second kappa shape index (κ2) is 14.6. The Morgan fingerprint density at radius 2 is 1.31 bits per heavy atom. The van der Waals surface area contributed by atoms with E-state index in [4.69, 9.17) is 9.84 Å². The largest absolute Gasteiger partial charge is 0.479 e. The molecular formula is C31H36O7S. The van der Waals surface area contributed by atoms with E-state index in [9.17, 15) is 23.1 Å². The molecule has 0 aliphatic rings. The fraction of sp³-hybridized carbons (Fsp3) is 0.355. The number of benzene rings is 3. The van der Waals surface area contributed by atoms with E-state index in [0.29, 0.717) is 12.0 Å². The van der Waals surface area contributed by atoms with Gasteiger partial charge in [0.2, 0.25) is 0 Å². The summed E-state index contributed by atoms with van der Waals surface area (Å²) in [5.74, 6) is -2.57. The highest BCUT2D eigenvalue weighted by molar-refractivity contribution is 7.91. The smallest absolute Gasteiger partial charge is 0.335 e. The first-order chi connectivity index (χ1) is 18.8. The fourth-order valence-electron chi connectivity index (χ4n) is 4.82. The van der Waals surface area contributed by atoms with Gasteiger partial charge in [0.05, 0.1) is 10.5 Å². The zero-order valence-electron chi connectivity index (χ0n) is 22.2. The number of sulfone groups is 1. The summed E-state index contributed by atoms with van der Waals surface area (Å²) in [7, 11) is -3.07. The summed E-state index contributed by atoms with van der Waals surface area (Å²) in [5, 5.41) is 17.5. The van der Waals surface area contributed by atoms with Gasteiger partial charge >= 0.3 is 11.9 Å². The van der Waals surface area contributed by atoms with Crippen molar-refractivity contribution < 1.29 is 33.0 Å². The number of hydrogen-bond acceptors (Lipinski definition) is 5. The first-order valence-corrected chi connectivity index (χ1v) is 14.7. The third kappa shape index (κ3) is 8.25. The lowest BCUT2D eigenvalue weighted by Gasteiger charge is -2.25. The van der Waals surface area contributed by atoms with Crippen LogP contribution in [0.25, 0.3) is 0 Å². The van der Waals surface area contributed by atoms with Crippen molar-refractivity contribution in [2.75, 3.05) is 7.11 Å². The summed E-state index contributed by atoms with van der Waals surface area (Å²) in [6.07, 6.45) is 6.38. The molecule has 3 rings (SSSR count). The Labute approximate surface area is 230 Å². The van der Waals surface area contributed by atoms with Crippen molar-refractivity contribution in [3.63, 3.8) is 0 Å². The molecule has 8 heteroatoms. The van der Waals surface area contributed by atoms with Crippen LogP contribution in [0, 0.1) is 0 Å². The predicted octanol–water partition coefficient (Wildman–Crippen LogP) is 6.13. The van der Waals surface area contributed by atoms with Crippen LogP contribution in [-0.4, -0.2) is 43.8 Å². The van der Waals surface area contributed by atoms with Crippen LogP contribution in [-0.2, 0) is 32.2 Å². The lowest BCUT2D eigenvalue weighted by Crippen LogP contribution is -2.35.